The number of carbonyl (C=O) groups is 1. The summed E-state index contributed by atoms with van der Waals surface area (Å²) in [6.45, 7) is 2.16. The van der Waals surface area contributed by atoms with E-state index in [2.05, 4.69) is 0 Å². The number of halogens is 1. The van der Waals surface area contributed by atoms with Crippen molar-refractivity contribution in [1.29, 1.82) is 0 Å². The van der Waals surface area contributed by atoms with Gasteiger partial charge < -0.3 is 14.4 Å². The molecular formula is C14H14FNO3. The molecule has 1 N–H and O–H groups in total. The molecule has 0 aliphatic carbocycles. The number of aryl methyl sites for hydroxylation is 1. The van der Waals surface area contributed by atoms with E-state index in [4.69, 9.17) is 9.52 Å². The van der Waals surface area contributed by atoms with Crippen molar-refractivity contribution in [1.82, 2.24) is 0 Å². The van der Waals surface area contributed by atoms with Gasteiger partial charge in [-0.05, 0) is 31.2 Å². The van der Waals surface area contributed by atoms with Crippen molar-refractivity contribution in [2.75, 3.05) is 11.9 Å². The number of aromatic carboxylic acids is 1. The second kappa shape index (κ2) is 5.14. The van der Waals surface area contributed by atoms with Gasteiger partial charge in [0, 0.05) is 24.8 Å². The fourth-order valence-electron chi connectivity index (χ4n) is 1.84. The van der Waals surface area contributed by atoms with Gasteiger partial charge in [-0.15, -0.1) is 0 Å². The predicted octanol–water partition coefficient (Wildman–Crippen LogP) is 3.06. The van der Waals surface area contributed by atoms with Gasteiger partial charge in [0.1, 0.15) is 11.6 Å². The van der Waals surface area contributed by atoms with Crippen LogP contribution in [-0.2, 0) is 6.54 Å². The number of carboxylic acids is 1. The lowest BCUT2D eigenvalue weighted by molar-refractivity contribution is 0.0661. The second-order valence-corrected chi connectivity index (χ2v) is 4.33. The van der Waals surface area contributed by atoms with Crippen LogP contribution in [-0.4, -0.2) is 18.1 Å². The average Bonchev–Trinajstić information content (AvgIpc) is 2.71. The van der Waals surface area contributed by atoms with Crippen LogP contribution in [0.4, 0.5) is 10.1 Å². The highest BCUT2D eigenvalue weighted by Crippen LogP contribution is 2.20. The number of benzene rings is 1. The number of furan rings is 1. The molecule has 0 aliphatic heterocycles. The first-order valence-corrected chi connectivity index (χ1v) is 5.76. The number of rotatable bonds is 4. The van der Waals surface area contributed by atoms with Gasteiger partial charge >= 0.3 is 5.97 Å². The Morgan fingerprint density at radius 3 is 2.74 bits per heavy atom. The molecule has 0 atom stereocenters. The molecule has 1 aromatic heterocycles. The molecular weight excluding hydrogens is 249 g/mol. The van der Waals surface area contributed by atoms with Crippen LogP contribution in [0.3, 0.4) is 0 Å². The van der Waals surface area contributed by atoms with Gasteiger partial charge in [-0.3, -0.25) is 0 Å². The first-order valence-electron chi connectivity index (χ1n) is 5.76. The van der Waals surface area contributed by atoms with Crippen LogP contribution >= 0.6 is 0 Å². The largest absolute Gasteiger partial charge is 0.475 e. The van der Waals surface area contributed by atoms with Crippen molar-refractivity contribution < 1.29 is 18.7 Å². The van der Waals surface area contributed by atoms with Crippen molar-refractivity contribution in [3.05, 3.63) is 53.2 Å². The van der Waals surface area contributed by atoms with Crippen molar-refractivity contribution in [2.45, 2.75) is 13.5 Å². The molecule has 0 radical (unpaired) electrons. The van der Waals surface area contributed by atoms with E-state index >= 15 is 0 Å². The molecule has 5 heteroatoms. The minimum absolute atomic E-state index is 0.0832. The van der Waals surface area contributed by atoms with Gasteiger partial charge in [0.15, 0.2) is 0 Å². The van der Waals surface area contributed by atoms with E-state index in [0.29, 0.717) is 12.3 Å². The zero-order chi connectivity index (χ0) is 14.0. The minimum Gasteiger partial charge on any atom is -0.475 e. The highest BCUT2D eigenvalue weighted by Gasteiger charge is 2.14. The molecule has 4 nitrogen and oxygen atoms in total. The van der Waals surface area contributed by atoms with Crippen LogP contribution in [0.1, 0.15) is 21.9 Å². The van der Waals surface area contributed by atoms with Gasteiger partial charge in [0.25, 0.3) is 0 Å². The Kier molecular flexibility index (Phi) is 3.55. The SMILES string of the molecule is Cc1oc(C(=O)O)cc1CN(C)c1cccc(F)c1. The van der Waals surface area contributed by atoms with Gasteiger partial charge in [-0.25, -0.2) is 9.18 Å². The topological polar surface area (TPSA) is 53.7 Å². The van der Waals surface area contributed by atoms with Crippen molar-refractivity contribution in [3.8, 4) is 0 Å². The molecule has 0 unspecified atom stereocenters. The summed E-state index contributed by atoms with van der Waals surface area (Å²) in [6, 6.07) is 7.71. The summed E-state index contributed by atoms with van der Waals surface area (Å²) in [7, 11) is 1.81. The Bertz CT molecular complexity index is 606. The summed E-state index contributed by atoms with van der Waals surface area (Å²) in [5.41, 5.74) is 1.49. The van der Waals surface area contributed by atoms with Gasteiger partial charge in [0.2, 0.25) is 5.76 Å². The minimum atomic E-state index is -1.09. The second-order valence-electron chi connectivity index (χ2n) is 4.33. The zero-order valence-corrected chi connectivity index (χ0v) is 10.7. The summed E-state index contributed by atoms with van der Waals surface area (Å²) >= 11 is 0. The highest BCUT2D eigenvalue weighted by molar-refractivity contribution is 5.84. The fourth-order valence-corrected chi connectivity index (χ4v) is 1.84. The van der Waals surface area contributed by atoms with E-state index in [9.17, 15) is 9.18 Å². The lowest BCUT2D eigenvalue weighted by atomic mass is 10.2. The Balaban J connectivity index is 2.19. The Hall–Kier alpha value is -2.30. The first kappa shape index (κ1) is 13.1. The lowest BCUT2D eigenvalue weighted by Crippen LogP contribution is -2.16. The number of hydrogen-bond donors (Lipinski definition) is 1. The summed E-state index contributed by atoms with van der Waals surface area (Å²) in [5, 5.41) is 8.85. The molecule has 0 saturated carbocycles. The smallest absolute Gasteiger partial charge is 0.371 e. The monoisotopic (exact) mass is 263 g/mol. The Morgan fingerprint density at radius 2 is 2.16 bits per heavy atom. The molecule has 0 saturated heterocycles. The van der Waals surface area contributed by atoms with Crippen LogP contribution in [0.25, 0.3) is 0 Å². The maximum atomic E-state index is 13.1. The summed E-state index contributed by atoms with van der Waals surface area (Å²) in [6.07, 6.45) is 0. The third kappa shape index (κ3) is 2.93. The van der Waals surface area contributed by atoms with Gasteiger partial charge in [0.05, 0.1) is 0 Å². The average molecular weight is 263 g/mol. The predicted molar refractivity (Wildman–Crippen MR) is 68.9 cm³/mol. The van der Waals surface area contributed by atoms with Crippen LogP contribution in [0.2, 0.25) is 0 Å². The number of anilines is 1. The maximum absolute atomic E-state index is 13.1. The number of hydrogen-bond acceptors (Lipinski definition) is 3. The van der Waals surface area contributed by atoms with E-state index in [1.807, 2.05) is 11.9 Å². The quantitative estimate of drug-likeness (QED) is 0.921. The van der Waals surface area contributed by atoms with Crippen molar-refractivity contribution in [3.63, 3.8) is 0 Å². The molecule has 0 aliphatic rings. The lowest BCUT2D eigenvalue weighted by Gasteiger charge is -2.18. The number of carboxylic acid groups (broad SMARTS) is 1. The van der Waals surface area contributed by atoms with Gasteiger partial charge in [-0.2, -0.15) is 0 Å². The maximum Gasteiger partial charge on any atom is 0.371 e. The molecule has 1 heterocycles. The molecule has 0 bridgehead atoms. The third-order valence-electron chi connectivity index (χ3n) is 2.89. The van der Waals surface area contributed by atoms with Crippen LogP contribution in [0, 0.1) is 12.7 Å². The molecule has 100 valence electrons. The standard InChI is InChI=1S/C14H14FNO3/c1-9-10(6-13(19-9)14(17)18)8-16(2)12-5-3-4-11(15)7-12/h3-7H,8H2,1-2H3,(H,17,18). The molecule has 0 spiro atoms. The molecule has 0 fully saturated rings. The van der Waals surface area contributed by atoms with E-state index in [-0.39, 0.29) is 11.6 Å². The Labute approximate surface area is 110 Å². The summed E-state index contributed by atoms with van der Waals surface area (Å²) in [4.78, 5) is 12.6. The summed E-state index contributed by atoms with van der Waals surface area (Å²) in [5.74, 6) is -0.928. The Morgan fingerprint density at radius 1 is 1.42 bits per heavy atom. The van der Waals surface area contributed by atoms with Crippen LogP contribution in [0.5, 0.6) is 0 Å². The molecule has 19 heavy (non-hydrogen) atoms. The van der Waals surface area contributed by atoms with E-state index < -0.39 is 5.97 Å². The number of nitrogens with zero attached hydrogens (tertiary/aromatic N) is 1. The van der Waals surface area contributed by atoms with Gasteiger partial charge in [-0.1, -0.05) is 6.07 Å². The highest BCUT2D eigenvalue weighted by atomic mass is 19.1. The third-order valence-corrected chi connectivity index (χ3v) is 2.89. The normalized spacial score (nSPS) is 10.5. The van der Waals surface area contributed by atoms with E-state index in [1.54, 1.807) is 19.1 Å². The molecule has 0 amide bonds. The fraction of sp³-hybridized carbons (Fsp3) is 0.214. The molecule has 2 aromatic rings. The van der Waals surface area contributed by atoms with Crippen LogP contribution < -0.4 is 4.90 Å². The van der Waals surface area contributed by atoms with E-state index in [0.717, 1.165) is 11.3 Å². The first-order chi connectivity index (χ1) is 8.97. The van der Waals surface area contributed by atoms with Crippen molar-refractivity contribution in [2.24, 2.45) is 0 Å². The van der Waals surface area contributed by atoms with E-state index in [1.165, 1.54) is 18.2 Å². The molecule has 1 aromatic carbocycles. The summed E-state index contributed by atoms with van der Waals surface area (Å²) < 4.78 is 18.3. The zero-order valence-electron chi connectivity index (χ0n) is 10.7. The van der Waals surface area contributed by atoms with Crippen LogP contribution in [0.15, 0.2) is 34.7 Å². The molecule has 2 rings (SSSR count). The van der Waals surface area contributed by atoms with Crippen molar-refractivity contribution >= 4 is 11.7 Å².